The van der Waals surface area contributed by atoms with Crippen molar-refractivity contribution < 1.29 is 14.4 Å². The molecule has 1 aliphatic carbocycles. The maximum Gasteiger partial charge on any atom is 0.258 e. The number of nitriles is 1. The van der Waals surface area contributed by atoms with Gasteiger partial charge in [-0.05, 0) is 69.0 Å². The number of rotatable bonds is 6. The van der Waals surface area contributed by atoms with Crippen LogP contribution in [0.5, 0.6) is 5.75 Å². The van der Waals surface area contributed by atoms with Gasteiger partial charge in [0.25, 0.3) is 5.89 Å². The second kappa shape index (κ2) is 8.62. The summed E-state index contributed by atoms with van der Waals surface area (Å²) < 4.78 is 11.3. The molecule has 1 atom stereocenters. The summed E-state index contributed by atoms with van der Waals surface area (Å²) in [6.45, 7) is 6.80. The SMILES string of the molecule is CC(C)Oc1ccc(-c2nc(-c3cccc4c3CC[C@]43CCN(CCO)C3)no2)cc1C#N. The first kappa shape index (κ1) is 21.6. The molecule has 1 aromatic heterocycles. The Balaban J connectivity index is 1.45. The molecule has 7 nitrogen and oxygen atoms in total. The zero-order valence-corrected chi connectivity index (χ0v) is 19.0. The van der Waals surface area contributed by atoms with Gasteiger partial charge in [0, 0.05) is 29.6 Å². The fraction of sp³-hybridized carbons (Fsp3) is 0.423. The number of nitrogens with zero attached hydrogens (tertiary/aromatic N) is 4. The summed E-state index contributed by atoms with van der Waals surface area (Å²) in [6.07, 6.45) is 3.19. The van der Waals surface area contributed by atoms with E-state index in [1.54, 1.807) is 12.1 Å². The Hall–Kier alpha value is -3.21. The highest BCUT2D eigenvalue weighted by atomic mass is 16.5. The Bertz CT molecular complexity index is 1210. The van der Waals surface area contributed by atoms with Gasteiger partial charge in [-0.3, -0.25) is 0 Å². The molecule has 3 aromatic rings. The van der Waals surface area contributed by atoms with Crippen molar-refractivity contribution in [2.75, 3.05) is 26.2 Å². The highest BCUT2D eigenvalue weighted by Gasteiger charge is 2.44. The lowest BCUT2D eigenvalue weighted by atomic mass is 9.81. The summed E-state index contributed by atoms with van der Waals surface area (Å²) >= 11 is 0. The van der Waals surface area contributed by atoms with Crippen molar-refractivity contribution >= 4 is 0 Å². The van der Waals surface area contributed by atoms with E-state index in [0.29, 0.717) is 28.6 Å². The van der Waals surface area contributed by atoms with Crippen LogP contribution in [-0.2, 0) is 11.8 Å². The van der Waals surface area contributed by atoms with Crippen LogP contribution in [0.4, 0.5) is 0 Å². The summed E-state index contributed by atoms with van der Waals surface area (Å²) in [6, 6.07) is 13.9. The third-order valence-electron chi connectivity index (χ3n) is 6.83. The fourth-order valence-corrected chi connectivity index (χ4v) is 5.33. The van der Waals surface area contributed by atoms with Crippen LogP contribution in [0.3, 0.4) is 0 Å². The van der Waals surface area contributed by atoms with E-state index >= 15 is 0 Å². The van der Waals surface area contributed by atoms with E-state index in [9.17, 15) is 10.4 Å². The van der Waals surface area contributed by atoms with Gasteiger partial charge in [0.15, 0.2) is 0 Å². The van der Waals surface area contributed by atoms with Gasteiger partial charge in [-0.25, -0.2) is 0 Å². The normalized spacial score (nSPS) is 19.8. The maximum atomic E-state index is 9.53. The summed E-state index contributed by atoms with van der Waals surface area (Å²) in [5, 5.41) is 23.1. The van der Waals surface area contributed by atoms with Crippen molar-refractivity contribution in [2.45, 2.75) is 44.6 Å². The van der Waals surface area contributed by atoms with Gasteiger partial charge < -0.3 is 19.3 Å². The van der Waals surface area contributed by atoms with Gasteiger partial charge in [0.2, 0.25) is 5.82 Å². The molecule has 7 heteroatoms. The number of likely N-dealkylation sites (tertiary alicyclic amines) is 1. The van der Waals surface area contributed by atoms with E-state index < -0.39 is 0 Å². The number of aliphatic hydroxyl groups excluding tert-OH is 1. The van der Waals surface area contributed by atoms with E-state index in [2.05, 4.69) is 39.3 Å². The molecule has 170 valence electrons. The molecule has 2 heterocycles. The lowest BCUT2D eigenvalue weighted by Crippen LogP contribution is -2.30. The minimum Gasteiger partial charge on any atom is -0.490 e. The van der Waals surface area contributed by atoms with E-state index in [1.165, 1.54) is 11.1 Å². The maximum absolute atomic E-state index is 9.53. The van der Waals surface area contributed by atoms with Crippen LogP contribution in [0.1, 0.15) is 43.4 Å². The molecule has 0 radical (unpaired) electrons. The largest absolute Gasteiger partial charge is 0.490 e. The van der Waals surface area contributed by atoms with E-state index in [4.69, 9.17) is 9.26 Å². The van der Waals surface area contributed by atoms with Gasteiger partial charge in [-0.15, -0.1) is 0 Å². The molecule has 5 rings (SSSR count). The number of aromatic nitrogens is 2. The van der Waals surface area contributed by atoms with Crippen molar-refractivity contribution in [1.29, 1.82) is 5.26 Å². The number of ether oxygens (including phenoxy) is 1. The molecular formula is C26H28N4O3. The van der Waals surface area contributed by atoms with Gasteiger partial charge in [0.1, 0.15) is 11.8 Å². The predicted molar refractivity (Wildman–Crippen MR) is 124 cm³/mol. The Morgan fingerprint density at radius 3 is 2.94 bits per heavy atom. The summed E-state index contributed by atoms with van der Waals surface area (Å²) in [7, 11) is 0. The monoisotopic (exact) mass is 444 g/mol. The minimum absolute atomic E-state index is 0.0167. The topological polar surface area (TPSA) is 95.4 Å². The van der Waals surface area contributed by atoms with Crippen LogP contribution in [0, 0.1) is 11.3 Å². The van der Waals surface area contributed by atoms with E-state index in [0.717, 1.165) is 44.5 Å². The molecule has 0 saturated carbocycles. The lowest BCUT2D eigenvalue weighted by molar-refractivity contribution is 0.213. The minimum atomic E-state index is -0.0167. The average molecular weight is 445 g/mol. The Kier molecular flexibility index (Phi) is 5.65. The number of β-amino-alcohol motifs (C(OH)–C–C–N with tert-alkyl or cyclic N) is 1. The summed E-state index contributed by atoms with van der Waals surface area (Å²) in [5.41, 5.74) is 4.99. The van der Waals surface area contributed by atoms with Crippen LogP contribution in [-0.4, -0.2) is 52.5 Å². The molecule has 2 aliphatic rings. The predicted octanol–water partition coefficient (Wildman–Crippen LogP) is 3.94. The second-order valence-electron chi connectivity index (χ2n) is 9.27. The molecule has 0 unspecified atom stereocenters. The lowest BCUT2D eigenvalue weighted by Gasteiger charge is -2.25. The van der Waals surface area contributed by atoms with Crippen molar-refractivity contribution in [3.05, 3.63) is 53.1 Å². The van der Waals surface area contributed by atoms with E-state index in [-0.39, 0.29) is 18.1 Å². The third kappa shape index (κ3) is 3.90. The number of aliphatic hydroxyl groups is 1. The highest BCUT2D eigenvalue weighted by Crippen LogP contribution is 2.47. The zero-order chi connectivity index (χ0) is 23.0. The third-order valence-corrected chi connectivity index (χ3v) is 6.83. The molecule has 0 amide bonds. The van der Waals surface area contributed by atoms with Gasteiger partial charge in [-0.2, -0.15) is 10.2 Å². The van der Waals surface area contributed by atoms with Crippen LogP contribution < -0.4 is 4.74 Å². The number of hydrogen-bond acceptors (Lipinski definition) is 7. The van der Waals surface area contributed by atoms with Crippen molar-refractivity contribution in [3.8, 4) is 34.7 Å². The molecule has 1 aliphatic heterocycles. The smallest absolute Gasteiger partial charge is 0.258 e. The first-order chi connectivity index (χ1) is 16.0. The molecule has 2 aromatic carbocycles. The number of fused-ring (bicyclic) bond motifs is 2. The summed E-state index contributed by atoms with van der Waals surface area (Å²) in [4.78, 5) is 7.04. The van der Waals surface area contributed by atoms with Crippen LogP contribution in [0.25, 0.3) is 22.8 Å². The molecule has 33 heavy (non-hydrogen) atoms. The van der Waals surface area contributed by atoms with Gasteiger partial charge >= 0.3 is 0 Å². The first-order valence-corrected chi connectivity index (χ1v) is 11.5. The van der Waals surface area contributed by atoms with Gasteiger partial charge in [-0.1, -0.05) is 23.4 Å². The van der Waals surface area contributed by atoms with Crippen molar-refractivity contribution in [3.63, 3.8) is 0 Å². The molecular weight excluding hydrogens is 416 g/mol. The molecule has 1 fully saturated rings. The molecule has 1 N–H and O–H groups in total. The van der Waals surface area contributed by atoms with Crippen LogP contribution in [0.15, 0.2) is 40.9 Å². The Morgan fingerprint density at radius 2 is 2.15 bits per heavy atom. The Morgan fingerprint density at radius 1 is 1.27 bits per heavy atom. The van der Waals surface area contributed by atoms with Crippen molar-refractivity contribution in [2.24, 2.45) is 0 Å². The average Bonchev–Trinajstić information content (AvgIpc) is 3.54. The standard InChI is InChI=1S/C26H28N4O3/c1-17(2)32-23-7-6-18(14-19(23)15-27)25-28-24(29-33-25)21-4-3-5-22-20(21)8-9-26(22)10-11-30(16-26)12-13-31/h3-7,14,17,31H,8-13,16H2,1-2H3/t26-/m1/s1. The molecule has 1 saturated heterocycles. The number of hydrogen-bond donors (Lipinski definition) is 1. The fourth-order valence-electron chi connectivity index (χ4n) is 5.33. The van der Waals surface area contributed by atoms with Crippen LogP contribution in [0.2, 0.25) is 0 Å². The van der Waals surface area contributed by atoms with Crippen molar-refractivity contribution in [1.82, 2.24) is 15.0 Å². The number of benzene rings is 2. The Labute approximate surface area is 193 Å². The highest BCUT2D eigenvalue weighted by molar-refractivity contribution is 5.68. The van der Waals surface area contributed by atoms with E-state index in [1.807, 2.05) is 19.9 Å². The first-order valence-electron chi connectivity index (χ1n) is 11.5. The summed E-state index contributed by atoms with van der Waals surface area (Å²) in [5.74, 6) is 1.51. The van der Waals surface area contributed by atoms with Gasteiger partial charge in [0.05, 0.1) is 18.3 Å². The quantitative estimate of drug-likeness (QED) is 0.615. The second-order valence-corrected chi connectivity index (χ2v) is 9.27. The molecule has 0 bridgehead atoms. The van der Waals surface area contributed by atoms with Crippen LogP contribution >= 0.6 is 0 Å². The molecule has 1 spiro atoms. The zero-order valence-electron chi connectivity index (χ0n) is 19.0.